The van der Waals surface area contributed by atoms with Crippen LogP contribution >= 0.6 is 0 Å². The van der Waals surface area contributed by atoms with Gasteiger partial charge in [0.25, 0.3) is 0 Å². The van der Waals surface area contributed by atoms with E-state index in [1.54, 1.807) is 12.1 Å². The maximum Gasteiger partial charge on any atom is 0.227 e. The Labute approximate surface area is 154 Å². The molecule has 1 aromatic rings. The number of aromatic hydroxyl groups is 1. The van der Waals surface area contributed by atoms with Crippen molar-refractivity contribution in [3.63, 3.8) is 0 Å². The van der Waals surface area contributed by atoms with Crippen molar-refractivity contribution in [2.75, 3.05) is 12.4 Å². The van der Waals surface area contributed by atoms with E-state index in [-0.39, 0.29) is 24.4 Å². The van der Waals surface area contributed by atoms with E-state index in [4.69, 9.17) is 4.74 Å². The van der Waals surface area contributed by atoms with Gasteiger partial charge in [0.1, 0.15) is 0 Å². The SMILES string of the molecule is CC.COc1ccc(NC(=O)C2CC(C)(C)CCC2C(C)C)cc1O.[HH]. The Morgan fingerprint density at radius 3 is 2.52 bits per heavy atom. The molecule has 1 aromatic carbocycles. The molecule has 1 aliphatic carbocycles. The number of rotatable bonds is 4. The van der Waals surface area contributed by atoms with Gasteiger partial charge in [-0.3, -0.25) is 4.79 Å². The third-order valence-electron chi connectivity index (χ3n) is 5.08. The third-order valence-corrected chi connectivity index (χ3v) is 5.08. The van der Waals surface area contributed by atoms with Gasteiger partial charge in [0, 0.05) is 19.1 Å². The number of carbonyl (C=O) groups is 1. The predicted octanol–water partition coefficient (Wildman–Crippen LogP) is 5.71. The molecule has 0 radical (unpaired) electrons. The van der Waals surface area contributed by atoms with E-state index in [2.05, 4.69) is 33.0 Å². The van der Waals surface area contributed by atoms with Crippen molar-refractivity contribution < 1.29 is 16.1 Å². The van der Waals surface area contributed by atoms with Gasteiger partial charge in [-0.1, -0.05) is 41.5 Å². The standard InChI is InChI=1S/C19H29NO3.C2H6.H2/c1-12(2)14-8-9-19(3,4)11-15(14)18(22)20-13-6-7-17(23-5)16(21)10-13;1-2;/h6-7,10,12,14-15,21H,8-9,11H2,1-5H3,(H,20,22);1-2H3;1H. The van der Waals surface area contributed by atoms with Crippen LogP contribution in [0, 0.1) is 23.2 Å². The average Bonchev–Trinajstić information content (AvgIpc) is 2.55. The van der Waals surface area contributed by atoms with E-state index < -0.39 is 0 Å². The molecule has 25 heavy (non-hydrogen) atoms. The highest BCUT2D eigenvalue weighted by atomic mass is 16.5. The van der Waals surface area contributed by atoms with E-state index in [0.717, 1.165) is 12.8 Å². The lowest BCUT2D eigenvalue weighted by Gasteiger charge is -2.41. The molecular formula is C21H37NO3. The van der Waals surface area contributed by atoms with Crippen LogP contribution in [0.15, 0.2) is 18.2 Å². The molecule has 4 nitrogen and oxygen atoms in total. The second kappa shape index (κ2) is 9.12. The number of nitrogens with one attached hydrogen (secondary N) is 1. The second-order valence-electron chi connectivity index (χ2n) is 7.80. The van der Waals surface area contributed by atoms with Crippen LogP contribution in [0.3, 0.4) is 0 Å². The quantitative estimate of drug-likeness (QED) is 0.730. The first-order chi connectivity index (χ1) is 11.7. The van der Waals surface area contributed by atoms with Gasteiger partial charge in [0.2, 0.25) is 5.91 Å². The zero-order valence-electron chi connectivity index (χ0n) is 16.8. The molecule has 1 fully saturated rings. The van der Waals surface area contributed by atoms with E-state index in [0.29, 0.717) is 23.3 Å². The third kappa shape index (κ3) is 5.65. The summed E-state index contributed by atoms with van der Waals surface area (Å²) in [6.07, 6.45) is 3.17. The minimum Gasteiger partial charge on any atom is -0.504 e. The molecule has 2 N–H and O–H groups in total. The summed E-state index contributed by atoms with van der Waals surface area (Å²) >= 11 is 0. The highest BCUT2D eigenvalue weighted by molar-refractivity contribution is 5.93. The fourth-order valence-corrected chi connectivity index (χ4v) is 3.70. The van der Waals surface area contributed by atoms with Gasteiger partial charge >= 0.3 is 0 Å². The van der Waals surface area contributed by atoms with Crippen LogP contribution in [0.1, 0.15) is 62.2 Å². The molecule has 4 heteroatoms. The Morgan fingerprint density at radius 2 is 2.00 bits per heavy atom. The van der Waals surface area contributed by atoms with Crippen molar-refractivity contribution in [3.05, 3.63) is 18.2 Å². The molecule has 0 saturated heterocycles. The Morgan fingerprint density at radius 1 is 1.36 bits per heavy atom. The van der Waals surface area contributed by atoms with Crippen LogP contribution in [0.4, 0.5) is 5.69 Å². The topological polar surface area (TPSA) is 58.6 Å². The number of carbonyl (C=O) groups excluding carboxylic acids is 1. The van der Waals surface area contributed by atoms with Gasteiger partial charge in [0.15, 0.2) is 11.5 Å². The number of hydrogen-bond donors (Lipinski definition) is 2. The van der Waals surface area contributed by atoms with Gasteiger partial charge in [-0.15, -0.1) is 0 Å². The zero-order valence-corrected chi connectivity index (χ0v) is 16.8. The maximum atomic E-state index is 12.8. The summed E-state index contributed by atoms with van der Waals surface area (Å²) in [7, 11) is 1.50. The molecule has 1 saturated carbocycles. The predicted molar refractivity (Wildman–Crippen MR) is 106 cm³/mol. The Balaban J connectivity index is 0.00000201. The van der Waals surface area contributed by atoms with E-state index in [1.807, 2.05) is 13.8 Å². The van der Waals surface area contributed by atoms with Crippen LogP contribution in [-0.2, 0) is 4.79 Å². The first-order valence-electron chi connectivity index (χ1n) is 9.41. The highest BCUT2D eigenvalue weighted by Gasteiger charge is 2.39. The van der Waals surface area contributed by atoms with Crippen LogP contribution in [0.25, 0.3) is 0 Å². The fourth-order valence-electron chi connectivity index (χ4n) is 3.70. The first-order valence-corrected chi connectivity index (χ1v) is 9.41. The smallest absolute Gasteiger partial charge is 0.227 e. The number of benzene rings is 1. The number of hydrogen-bond acceptors (Lipinski definition) is 3. The molecule has 0 aromatic heterocycles. The molecule has 2 unspecified atom stereocenters. The second-order valence-corrected chi connectivity index (χ2v) is 7.80. The molecule has 0 bridgehead atoms. The molecule has 0 heterocycles. The molecule has 0 aliphatic heterocycles. The number of ether oxygens (including phenoxy) is 1. The van der Waals surface area contributed by atoms with Gasteiger partial charge in [-0.25, -0.2) is 0 Å². The Hall–Kier alpha value is -1.71. The van der Waals surface area contributed by atoms with Crippen molar-refractivity contribution >= 4 is 11.6 Å². The zero-order chi connectivity index (χ0) is 19.2. The molecule has 1 aliphatic rings. The summed E-state index contributed by atoms with van der Waals surface area (Å²) in [5.74, 6) is 1.42. The summed E-state index contributed by atoms with van der Waals surface area (Å²) in [5.41, 5.74) is 0.814. The lowest BCUT2D eigenvalue weighted by atomic mass is 9.64. The Bertz CT molecular complexity index is 572. The lowest BCUT2D eigenvalue weighted by molar-refractivity contribution is -0.125. The Kier molecular flexibility index (Phi) is 7.78. The van der Waals surface area contributed by atoms with Crippen molar-refractivity contribution in [1.82, 2.24) is 0 Å². The number of methoxy groups -OCH3 is 1. The van der Waals surface area contributed by atoms with Gasteiger partial charge in [-0.05, 0) is 48.6 Å². The summed E-state index contributed by atoms with van der Waals surface area (Å²) in [4.78, 5) is 12.8. The minimum absolute atomic E-state index is 0. The fraction of sp³-hybridized carbons (Fsp3) is 0.667. The lowest BCUT2D eigenvalue weighted by Crippen LogP contribution is -2.39. The summed E-state index contributed by atoms with van der Waals surface area (Å²) < 4.78 is 5.03. The number of phenols is 1. The molecule has 2 atom stereocenters. The first kappa shape index (κ1) is 21.3. The molecular weight excluding hydrogens is 314 g/mol. The van der Waals surface area contributed by atoms with Gasteiger partial charge in [-0.2, -0.15) is 0 Å². The van der Waals surface area contributed by atoms with Crippen LogP contribution < -0.4 is 10.1 Å². The van der Waals surface area contributed by atoms with Crippen molar-refractivity contribution in [2.24, 2.45) is 23.2 Å². The normalized spacial score (nSPS) is 21.9. The minimum atomic E-state index is 0. The summed E-state index contributed by atoms with van der Waals surface area (Å²) in [6.45, 7) is 12.9. The van der Waals surface area contributed by atoms with Crippen LogP contribution in [0.5, 0.6) is 11.5 Å². The number of amides is 1. The maximum absolute atomic E-state index is 12.8. The van der Waals surface area contributed by atoms with E-state index in [9.17, 15) is 9.90 Å². The van der Waals surface area contributed by atoms with Crippen LogP contribution in [0.2, 0.25) is 0 Å². The highest BCUT2D eigenvalue weighted by Crippen LogP contribution is 2.45. The monoisotopic (exact) mass is 351 g/mol. The molecule has 0 spiro atoms. The molecule has 144 valence electrons. The van der Waals surface area contributed by atoms with Gasteiger partial charge < -0.3 is 15.2 Å². The summed E-state index contributed by atoms with van der Waals surface area (Å²) in [5, 5.41) is 12.8. The average molecular weight is 352 g/mol. The van der Waals surface area contributed by atoms with E-state index >= 15 is 0 Å². The number of phenolic OH excluding ortho intramolecular Hbond substituents is 1. The summed E-state index contributed by atoms with van der Waals surface area (Å²) in [6, 6.07) is 4.96. The molecule has 2 rings (SSSR count). The number of anilines is 1. The van der Waals surface area contributed by atoms with Crippen LogP contribution in [-0.4, -0.2) is 18.1 Å². The van der Waals surface area contributed by atoms with Crippen molar-refractivity contribution in [3.8, 4) is 11.5 Å². The largest absolute Gasteiger partial charge is 0.504 e. The molecule has 1 amide bonds. The van der Waals surface area contributed by atoms with Gasteiger partial charge in [0.05, 0.1) is 7.11 Å². The van der Waals surface area contributed by atoms with E-state index in [1.165, 1.54) is 19.6 Å². The van der Waals surface area contributed by atoms with Crippen molar-refractivity contribution in [1.29, 1.82) is 0 Å². The van der Waals surface area contributed by atoms with Crippen molar-refractivity contribution in [2.45, 2.75) is 60.8 Å².